The monoisotopic (exact) mass is 318 g/mol. The predicted molar refractivity (Wildman–Crippen MR) is 101 cm³/mol. The van der Waals surface area contributed by atoms with Crippen molar-refractivity contribution in [3.05, 3.63) is 65.9 Å². The summed E-state index contributed by atoms with van der Waals surface area (Å²) in [4.78, 5) is 4.58. The molecule has 0 unspecified atom stereocenters. The highest BCUT2D eigenvalue weighted by Gasteiger charge is 2.12. The minimum Gasteiger partial charge on any atom is -0.256 e. The van der Waals surface area contributed by atoms with Crippen LogP contribution in [0.1, 0.15) is 32.2 Å². The molecule has 2 aromatic heterocycles. The molecule has 2 heterocycles. The van der Waals surface area contributed by atoms with Crippen molar-refractivity contribution >= 4 is 31.5 Å². The quantitative estimate of drug-likeness (QED) is 0.408. The minimum atomic E-state index is -0.622. The van der Waals surface area contributed by atoms with Crippen molar-refractivity contribution in [1.82, 2.24) is 4.98 Å². The van der Waals surface area contributed by atoms with Crippen LogP contribution >= 0.6 is 11.3 Å². The van der Waals surface area contributed by atoms with E-state index in [-0.39, 0.29) is 0 Å². The Bertz CT molecular complexity index is 1060. The molecule has 0 spiro atoms. The Morgan fingerprint density at radius 2 is 1.91 bits per heavy atom. The number of pyridine rings is 1. The number of nitrogens with zero attached hydrogens (tertiary/aromatic N) is 1. The second-order valence-electron chi connectivity index (χ2n) is 6.21. The second-order valence-corrected chi connectivity index (χ2v) is 7.27. The third-order valence-corrected chi connectivity index (χ3v) is 5.49. The van der Waals surface area contributed by atoms with E-state index in [9.17, 15) is 0 Å². The van der Waals surface area contributed by atoms with E-state index < -0.39 is 5.89 Å². The molecule has 114 valence electrons. The molecule has 0 aliphatic carbocycles. The van der Waals surface area contributed by atoms with Gasteiger partial charge < -0.3 is 0 Å². The molecule has 23 heavy (non-hydrogen) atoms. The molecule has 0 aliphatic heterocycles. The van der Waals surface area contributed by atoms with E-state index in [2.05, 4.69) is 54.4 Å². The molecule has 4 rings (SSSR count). The van der Waals surface area contributed by atoms with Crippen molar-refractivity contribution in [2.45, 2.75) is 26.7 Å². The summed E-state index contributed by atoms with van der Waals surface area (Å²) in [7, 11) is 0. The molecule has 0 radical (unpaired) electrons. The summed E-state index contributed by atoms with van der Waals surface area (Å²) >= 11 is 1.82. The normalized spacial score (nSPS) is 12.7. The van der Waals surface area contributed by atoms with E-state index >= 15 is 0 Å². The van der Waals surface area contributed by atoms with Gasteiger partial charge in [0.15, 0.2) is 0 Å². The molecule has 2 heteroatoms. The highest BCUT2D eigenvalue weighted by molar-refractivity contribution is 7.26. The SMILES string of the molecule is [2H]C(C)(C)c1ccnc(-c2cccc3c2sc2ccc(C)cc23)c1. The Balaban J connectivity index is 1.99. The molecule has 0 saturated heterocycles. The largest absolute Gasteiger partial charge is 0.256 e. The van der Waals surface area contributed by atoms with Gasteiger partial charge in [-0.25, -0.2) is 0 Å². The third kappa shape index (κ3) is 2.43. The number of hydrogen-bond acceptors (Lipinski definition) is 2. The lowest BCUT2D eigenvalue weighted by Gasteiger charge is -2.08. The molecule has 0 N–H and O–H groups in total. The van der Waals surface area contributed by atoms with Crippen LogP contribution in [0.25, 0.3) is 31.4 Å². The summed E-state index contributed by atoms with van der Waals surface area (Å²) in [5.41, 5.74) is 4.37. The van der Waals surface area contributed by atoms with Crippen LogP contribution in [0.5, 0.6) is 0 Å². The summed E-state index contributed by atoms with van der Waals surface area (Å²) in [5.74, 6) is -0.622. The first-order chi connectivity index (χ1) is 11.4. The number of thiophene rings is 1. The van der Waals surface area contributed by atoms with Gasteiger partial charge in [-0.3, -0.25) is 4.98 Å². The van der Waals surface area contributed by atoms with Gasteiger partial charge in [0, 0.05) is 33.3 Å². The zero-order valence-corrected chi connectivity index (χ0v) is 14.4. The standard InChI is InChI=1S/C21H19NS/c1-13(2)15-9-10-22-19(12-15)17-6-4-5-16-18-11-14(3)7-8-20(18)23-21(16)17/h4-13H,1-3H3/i13D. The molecule has 2 aromatic carbocycles. The third-order valence-electron chi connectivity index (χ3n) is 4.27. The van der Waals surface area contributed by atoms with Crippen LogP contribution in [0.2, 0.25) is 0 Å². The highest BCUT2D eigenvalue weighted by Crippen LogP contribution is 2.39. The highest BCUT2D eigenvalue weighted by atomic mass is 32.1. The van der Waals surface area contributed by atoms with Crippen LogP contribution in [0.4, 0.5) is 0 Å². The molecular weight excluding hydrogens is 298 g/mol. The molecular formula is C21H19NS. The number of aryl methyl sites for hydroxylation is 1. The maximum atomic E-state index is 8.28. The van der Waals surface area contributed by atoms with Crippen molar-refractivity contribution < 1.29 is 1.37 Å². The summed E-state index contributed by atoms with van der Waals surface area (Å²) in [6.45, 7) is 5.96. The van der Waals surface area contributed by atoms with E-state index in [0.717, 1.165) is 16.8 Å². The lowest BCUT2D eigenvalue weighted by Crippen LogP contribution is -1.90. The van der Waals surface area contributed by atoms with Crippen LogP contribution in [0.3, 0.4) is 0 Å². The lowest BCUT2D eigenvalue weighted by molar-refractivity contribution is 0.864. The fourth-order valence-corrected chi connectivity index (χ4v) is 4.21. The van der Waals surface area contributed by atoms with Gasteiger partial charge in [-0.2, -0.15) is 0 Å². The first-order valence-electron chi connectivity index (χ1n) is 8.32. The number of fused-ring (bicyclic) bond motifs is 3. The first kappa shape index (κ1) is 13.3. The summed E-state index contributed by atoms with van der Waals surface area (Å²) in [5, 5.41) is 2.60. The molecule has 0 amide bonds. The van der Waals surface area contributed by atoms with E-state index in [0.29, 0.717) is 0 Å². The number of rotatable bonds is 2. The van der Waals surface area contributed by atoms with Gasteiger partial charge in [0.25, 0.3) is 0 Å². The zero-order valence-electron chi connectivity index (χ0n) is 14.6. The number of hydrogen-bond donors (Lipinski definition) is 0. The van der Waals surface area contributed by atoms with E-state index in [4.69, 9.17) is 1.37 Å². The zero-order chi connectivity index (χ0) is 16.9. The number of benzene rings is 2. The summed E-state index contributed by atoms with van der Waals surface area (Å²) in [6, 6.07) is 17.0. The average molecular weight is 318 g/mol. The Kier molecular flexibility index (Phi) is 3.15. The van der Waals surface area contributed by atoms with Crippen LogP contribution in [0.15, 0.2) is 54.7 Å². The van der Waals surface area contributed by atoms with Gasteiger partial charge in [-0.1, -0.05) is 43.7 Å². The topological polar surface area (TPSA) is 12.9 Å². The summed E-state index contributed by atoms with van der Waals surface area (Å²) in [6.07, 6.45) is 1.82. The Morgan fingerprint density at radius 3 is 2.74 bits per heavy atom. The predicted octanol–water partition coefficient (Wildman–Crippen LogP) is 6.55. The fourth-order valence-electron chi connectivity index (χ4n) is 3.00. The van der Waals surface area contributed by atoms with Gasteiger partial charge in [0.2, 0.25) is 0 Å². The van der Waals surface area contributed by atoms with Crippen molar-refractivity contribution in [3.63, 3.8) is 0 Å². The van der Waals surface area contributed by atoms with E-state index in [1.807, 2.05) is 37.4 Å². The smallest absolute Gasteiger partial charge is 0.0719 e. The van der Waals surface area contributed by atoms with Crippen molar-refractivity contribution in [3.8, 4) is 11.3 Å². The van der Waals surface area contributed by atoms with Crippen LogP contribution in [-0.4, -0.2) is 4.98 Å². The van der Waals surface area contributed by atoms with Crippen LogP contribution < -0.4 is 0 Å². The van der Waals surface area contributed by atoms with Crippen molar-refractivity contribution in [2.75, 3.05) is 0 Å². The molecule has 0 atom stereocenters. The maximum Gasteiger partial charge on any atom is 0.0719 e. The van der Waals surface area contributed by atoms with E-state index in [1.54, 1.807) is 0 Å². The van der Waals surface area contributed by atoms with Gasteiger partial charge >= 0.3 is 0 Å². The Labute approximate surface area is 142 Å². The number of aromatic nitrogens is 1. The summed E-state index contributed by atoms with van der Waals surface area (Å²) < 4.78 is 10.9. The average Bonchev–Trinajstić information content (AvgIpc) is 2.92. The maximum absolute atomic E-state index is 8.28. The van der Waals surface area contributed by atoms with Crippen molar-refractivity contribution in [2.24, 2.45) is 0 Å². The second kappa shape index (κ2) is 5.47. The fraction of sp³-hybridized carbons (Fsp3) is 0.190. The molecule has 0 fully saturated rings. The van der Waals surface area contributed by atoms with Crippen LogP contribution in [0, 0.1) is 6.92 Å². The molecule has 0 saturated carbocycles. The molecule has 1 nitrogen and oxygen atoms in total. The van der Waals surface area contributed by atoms with Crippen molar-refractivity contribution in [1.29, 1.82) is 0 Å². The van der Waals surface area contributed by atoms with Gasteiger partial charge in [0.1, 0.15) is 0 Å². The van der Waals surface area contributed by atoms with Gasteiger partial charge in [-0.15, -0.1) is 11.3 Å². The van der Waals surface area contributed by atoms with Crippen LogP contribution in [-0.2, 0) is 0 Å². The van der Waals surface area contributed by atoms with Gasteiger partial charge in [0.05, 0.1) is 5.69 Å². The molecule has 0 bridgehead atoms. The minimum absolute atomic E-state index is 0.622. The molecule has 4 aromatic rings. The van der Waals surface area contributed by atoms with Gasteiger partial charge in [-0.05, 0) is 42.6 Å². The Hall–Kier alpha value is -2.19. The molecule has 0 aliphatic rings. The Morgan fingerprint density at radius 1 is 1.04 bits per heavy atom. The lowest BCUT2D eigenvalue weighted by atomic mass is 10.0. The van der Waals surface area contributed by atoms with E-state index in [1.165, 1.54) is 25.7 Å². The first-order valence-corrected chi connectivity index (χ1v) is 8.64.